The van der Waals surface area contributed by atoms with Crippen LogP contribution in [0.3, 0.4) is 0 Å². The number of aliphatic hydroxyl groups excluding tert-OH is 1. The summed E-state index contributed by atoms with van der Waals surface area (Å²) in [6.07, 6.45) is 1.77. The molecule has 0 rings (SSSR count). The van der Waals surface area contributed by atoms with Gasteiger partial charge in [0.15, 0.2) is 0 Å². The maximum absolute atomic E-state index is 8.68. The minimum absolute atomic E-state index is 0.217. The molecule has 9 heavy (non-hydrogen) atoms. The van der Waals surface area contributed by atoms with E-state index in [-0.39, 0.29) is 6.61 Å². The fourth-order valence-electron chi connectivity index (χ4n) is 0.798. The van der Waals surface area contributed by atoms with E-state index in [1.807, 2.05) is 0 Å². The van der Waals surface area contributed by atoms with Crippen molar-refractivity contribution in [1.82, 2.24) is 0 Å². The lowest BCUT2D eigenvalue weighted by molar-refractivity contribution is 0.214. The fraction of sp³-hybridized carbons (Fsp3) is 1.00. The van der Waals surface area contributed by atoms with Crippen LogP contribution >= 0.6 is 0 Å². The van der Waals surface area contributed by atoms with Crippen LogP contribution in [0.2, 0.25) is 0 Å². The minimum atomic E-state index is 0.217. The average Bonchev–Trinajstić information content (AvgIpc) is 1.88. The molecule has 56 valence electrons. The van der Waals surface area contributed by atoms with Gasteiger partial charge in [-0.25, -0.2) is 0 Å². The summed E-state index contributed by atoms with van der Waals surface area (Å²) in [5.41, 5.74) is 10.6. The van der Waals surface area contributed by atoms with E-state index in [0.29, 0.717) is 19.0 Å². The van der Waals surface area contributed by atoms with Crippen LogP contribution in [0.5, 0.6) is 0 Å². The highest BCUT2D eigenvalue weighted by atomic mass is 16.3. The molecule has 3 nitrogen and oxygen atoms in total. The van der Waals surface area contributed by atoms with Crippen molar-refractivity contribution in [3.63, 3.8) is 0 Å². The van der Waals surface area contributed by atoms with Gasteiger partial charge in [0.1, 0.15) is 0 Å². The van der Waals surface area contributed by atoms with Crippen molar-refractivity contribution in [2.24, 2.45) is 17.4 Å². The lowest BCUT2D eigenvalue weighted by atomic mass is 10.0. The van der Waals surface area contributed by atoms with Crippen LogP contribution in [0.1, 0.15) is 12.8 Å². The van der Waals surface area contributed by atoms with E-state index in [2.05, 4.69) is 0 Å². The number of aliphatic hydroxyl groups is 1. The summed E-state index contributed by atoms with van der Waals surface area (Å²) in [6.45, 7) is 1.50. The SMILES string of the molecule is NCCC(CO)CCN. The third-order valence-electron chi connectivity index (χ3n) is 1.41. The van der Waals surface area contributed by atoms with Gasteiger partial charge >= 0.3 is 0 Å². The standard InChI is InChI=1S/C6H16N2O/c7-3-1-6(5-9)2-4-8/h6,9H,1-5,7-8H2. The van der Waals surface area contributed by atoms with E-state index in [1.165, 1.54) is 0 Å². The summed E-state index contributed by atoms with van der Waals surface area (Å²) in [4.78, 5) is 0. The van der Waals surface area contributed by atoms with E-state index < -0.39 is 0 Å². The molecule has 0 saturated heterocycles. The molecule has 0 amide bonds. The average molecular weight is 132 g/mol. The lowest BCUT2D eigenvalue weighted by Crippen LogP contribution is -2.16. The Morgan fingerprint density at radius 1 is 1.11 bits per heavy atom. The van der Waals surface area contributed by atoms with Gasteiger partial charge in [-0.05, 0) is 31.8 Å². The number of hydrogen-bond donors (Lipinski definition) is 3. The van der Waals surface area contributed by atoms with Crippen LogP contribution in [0.15, 0.2) is 0 Å². The lowest BCUT2D eigenvalue weighted by Gasteiger charge is -2.09. The molecule has 0 aromatic heterocycles. The molecule has 0 unspecified atom stereocenters. The molecule has 0 aliphatic rings. The zero-order valence-corrected chi connectivity index (χ0v) is 5.71. The topological polar surface area (TPSA) is 72.3 Å². The Morgan fingerprint density at radius 3 is 1.78 bits per heavy atom. The summed E-state index contributed by atoms with van der Waals surface area (Å²) in [7, 11) is 0. The van der Waals surface area contributed by atoms with Gasteiger partial charge in [-0.15, -0.1) is 0 Å². The van der Waals surface area contributed by atoms with Gasteiger partial charge in [0.05, 0.1) is 0 Å². The molecule has 0 heterocycles. The normalized spacial score (nSPS) is 10.7. The third kappa shape index (κ3) is 4.39. The first kappa shape index (κ1) is 8.88. The summed E-state index contributed by atoms with van der Waals surface area (Å²) < 4.78 is 0. The van der Waals surface area contributed by atoms with Crippen LogP contribution in [-0.2, 0) is 0 Å². The van der Waals surface area contributed by atoms with Crippen molar-refractivity contribution in [2.45, 2.75) is 12.8 Å². The summed E-state index contributed by atoms with van der Waals surface area (Å²) >= 11 is 0. The van der Waals surface area contributed by atoms with Crippen LogP contribution in [0.25, 0.3) is 0 Å². The Bertz CT molecular complexity index is 53.0. The van der Waals surface area contributed by atoms with Crippen LogP contribution in [-0.4, -0.2) is 24.8 Å². The van der Waals surface area contributed by atoms with Crippen molar-refractivity contribution in [3.05, 3.63) is 0 Å². The van der Waals surface area contributed by atoms with Gasteiger partial charge < -0.3 is 16.6 Å². The maximum Gasteiger partial charge on any atom is 0.0460 e. The van der Waals surface area contributed by atoms with Crippen molar-refractivity contribution < 1.29 is 5.11 Å². The molecule has 0 atom stereocenters. The number of rotatable bonds is 5. The Kier molecular flexibility index (Phi) is 5.93. The molecule has 0 radical (unpaired) electrons. The van der Waals surface area contributed by atoms with E-state index in [9.17, 15) is 0 Å². The summed E-state index contributed by atoms with van der Waals surface area (Å²) in [6, 6.07) is 0. The smallest absolute Gasteiger partial charge is 0.0460 e. The van der Waals surface area contributed by atoms with Crippen LogP contribution in [0, 0.1) is 5.92 Å². The first-order chi connectivity index (χ1) is 4.35. The Balaban J connectivity index is 3.18. The van der Waals surface area contributed by atoms with E-state index in [1.54, 1.807) is 0 Å². The van der Waals surface area contributed by atoms with Gasteiger partial charge in [0, 0.05) is 6.61 Å². The van der Waals surface area contributed by atoms with Crippen molar-refractivity contribution in [3.8, 4) is 0 Å². The molecular weight excluding hydrogens is 116 g/mol. The first-order valence-electron chi connectivity index (χ1n) is 3.36. The van der Waals surface area contributed by atoms with Gasteiger partial charge in [-0.3, -0.25) is 0 Å². The van der Waals surface area contributed by atoms with Gasteiger partial charge in [0.25, 0.3) is 0 Å². The highest BCUT2D eigenvalue weighted by Crippen LogP contribution is 2.03. The van der Waals surface area contributed by atoms with Crippen molar-refractivity contribution >= 4 is 0 Å². The predicted octanol–water partition coefficient (Wildman–Crippen LogP) is -0.707. The second kappa shape index (κ2) is 6.01. The molecule has 0 bridgehead atoms. The monoisotopic (exact) mass is 132 g/mol. The second-order valence-corrected chi connectivity index (χ2v) is 2.20. The maximum atomic E-state index is 8.68. The van der Waals surface area contributed by atoms with Crippen molar-refractivity contribution in [1.29, 1.82) is 0 Å². The zero-order chi connectivity index (χ0) is 7.11. The molecule has 3 heteroatoms. The molecule has 5 N–H and O–H groups in total. The van der Waals surface area contributed by atoms with Gasteiger partial charge in [-0.1, -0.05) is 0 Å². The molecule has 0 aliphatic carbocycles. The predicted molar refractivity (Wildman–Crippen MR) is 37.9 cm³/mol. The highest BCUT2D eigenvalue weighted by Gasteiger charge is 2.02. The molecule has 0 fully saturated rings. The third-order valence-corrected chi connectivity index (χ3v) is 1.41. The zero-order valence-electron chi connectivity index (χ0n) is 5.71. The largest absolute Gasteiger partial charge is 0.396 e. The van der Waals surface area contributed by atoms with Crippen LogP contribution < -0.4 is 11.5 Å². The van der Waals surface area contributed by atoms with Crippen LogP contribution in [0.4, 0.5) is 0 Å². The van der Waals surface area contributed by atoms with E-state index >= 15 is 0 Å². The minimum Gasteiger partial charge on any atom is -0.396 e. The molecule has 0 saturated carbocycles. The molecule has 0 aliphatic heterocycles. The number of nitrogens with two attached hydrogens (primary N) is 2. The molecule has 0 aromatic carbocycles. The first-order valence-corrected chi connectivity index (χ1v) is 3.36. The van der Waals surface area contributed by atoms with E-state index in [0.717, 1.165) is 12.8 Å². The summed E-state index contributed by atoms with van der Waals surface area (Å²) in [5.74, 6) is 0.319. The van der Waals surface area contributed by atoms with E-state index in [4.69, 9.17) is 16.6 Å². The molecule has 0 aromatic rings. The summed E-state index contributed by atoms with van der Waals surface area (Å²) in [5, 5.41) is 8.68. The Labute approximate surface area is 56.0 Å². The molecule has 0 spiro atoms. The van der Waals surface area contributed by atoms with Gasteiger partial charge in [0.2, 0.25) is 0 Å². The Hall–Kier alpha value is -0.120. The van der Waals surface area contributed by atoms with Gasteiger partial charge in [-0.2, -0.15) is 0 Å². The fourth-order valence-corrected chi connectivity index (χ4v) is 0.798. The molecular formula is C6H16N2O. The second-order valence-electron chi connectivity index (χ2n) is 2.20. The number of hydrogen-bond acceptors (Lipinski definition) is 3. The Morgan fingerprint density at radius 2 is 1.56 bits per heavy atom. The highest BCUT2D eigenvalue weighted by molar-refractivity contribution is 4.57. The quantitative estimate of drug-likeness (QED) is 0.463. The van der Waals surface area contributed by atoms with Crippen molar-refractivity contribution in [2.75, 3.05) is 19.7 Å².